The third-order valence-corrected chi connectivity index (χ3v) is 8.61. The molecule has 0 aliphatic carbocycles. The second-order valence-corrected chi connectivity index (χ2v) is 13.4. The number of aromatic nitrogens is 4. The number of piperazine rings is 1. The summed E-state index contributed by atoms with van der Waals surface area (Å²) >= 11 is 0. The summed E-state index contributed by atoms with van der Waals surface area (Å²) in [5.41, 5.74) is 3.36. The lowest BCUT2D eigenvalue weighted by Crippen LogP contribution is -2.63. The first-order chi connectivity index (χ1) is 24.6. The van der Waals surface area contributed by atoms with Gasteiger partial charge in [0, 0.05) is 36.3 Å². The molecule has 0 saturated carbocycles. The largest absolute Gasteiger partial charge is 0.475 e. The van der Waals surface area contributed by atoms with Gasteiger partial charge in [0.15, 0.2) is 28.6 Å². The quantitative estimate of drug-likeness (QED) is 0.172. The number of hydrogen-bond donors (Lipinski definition) is 2. The number of hydrogen-bond acceptors (Lipinski definition) is 9. The molecule has 1 fully saturated rings. The van der Waals surface area contributed by atoms with Gasteiger partial charge in [-0.25, -0.2) is 33.5 Å². The Labute approximate surface area is 304 Å². The molecule has 1 aliphatic heterocycles. The zero-order valence-electron chi connectivity index (χ0n) is 29.3. The molecule has 53 heavy (non-hydrogen) atoms. The molecule has 5 heterocycles. The van der Waals surface area contributed by atoms with E-state index in [1.807, 2.05) is 27.7 Å². The van der Waals surface area contributed by atoms with Gasteiger partial charge in [0.25, 0.3) is 5.91 Å². The molecule has 0 spiro atoms. The molecule has 0 atom stereocenters. The SMILES string of the molecule is C.CC(C)c1nc(-c2ccc(F)cc2)nc2cc(C(=O)N3CCNC(=O)C3(C)C)oc12.CC(C)c1nc(-c2ccc(F)cc2)nc2cc(C(=O)O)oc12. The van der Waals surface area contributed by atoms with Crippen molar-refractivity contribution in [2.24, 2.45) is 0 Å². The Hall–Kier alpha value is -6.05. The average Bonchev–Trinajstić information content (AvgIpc) is 3.74. The molecule has 6 aromatic rings. The molecule has 2 amide bonds. The Morgan fingerprint density at radius 1 is 0.774 bits per heavy atom. The number of benzene rings is 2. The van der Waals surface area contributed by atoms with E-state index in [0.717, 1.165) is 0 Å². The standard InChI is InChI=1S/C22H23FN4O3.C16H13FN2O3.CH4/c1-12(2)17-18-15(25-19(26-17)13-5-7-14(23)8-6-13)11-16(30-18)20(28)27-10-9-24-21(29)22(27,3)4;1-8(2)13-14-11(7-12(22-14)16(20)21)18-15(19-13)9-3-5-10(17)6-4-9;/h5-8,11-12H,9-10H2,1-4H3,(H,24,29);3-8H,1-2H3,(H,20,21);1H4. The summed E-state index contributed by atoms with van der Waals surface area (Å²) in [5, 5.41) is 11.8. The van der Waals surface area contributed by atoms with Crippen molar-refractivity contribution in [3.05, 3.63) is 95.2 Å². The van der Waals surface area contributed by atoms with E-state index in [0.29, 0.717) is 69.5 Å². The molecule has 0 radical (unpaired) electrons. The fourth-order valence-corrected chi connectivity index (χ4v) is 5.74. The third kappa shape index (κ3) is 7.62. The molecule has 1 saturated heterocycles. The minimum absolute atomic E-state index is 0. The Kier molecular flexibility index (Phi) is 10.7. The first kappa shape index (κ1) is 38.2. The minimum Gasteiger partial charge on any atom is -0.475 e. The second kappa shape index (κ2) is 14.9. The average molecular weight is 727 g/mol. The number of nitrogens with one attached hydrogen (secondary N) is 1. The van der Waals surface area contributed by atoms with Crippen molar-refractivity contribution >= 4 is 40.0 Å². The summed E-state index contributed by atoms with van der Waals surface area (Å²) in [6.45, 7) is 12.0. The van der Waals surface area contributed by atoms with Crippen LogP contribution in [0.3, 0.4) is 0 Å². The maximum Gasteiger partial charge on any atom is 0.371 e. The Bertz CT molecular complexity index is 2310. The van der Waals surface area contributed by atoms with E-state index in [-0.39, 0.29) is 54.2 Å². The highest BCUT2D eigenvalue weighted by Crippen LogP contribution is 2.32. The predicted octanol–water partition coefficient (Wildman–Crippen LogP) is 7.99. The number of carbonyl (C=O) groups excluding carboxylic acids is 2. The van der Waals surface area contributed by atoms with Crippen molar-refractivity contribution in [3.8, 4) is 22.8 Å². The fraction of sp³-hybridized carbons (Fsp3) is 0.308. The highest BCUT2D eigenvalue weighted by molar-refractivity contribution is 6.00. The van der Waals surface area contributed by atoms with Gasteiger partial charge < -0.3 is 24.2 Å². The lowest BCUT2D eigenvalue weighted by Gasteiger charge is -2.40. The van der Waals surface area contributed by atoms with Crippen LogP contribution in [0, 0.1) is 11.6 Å². The van der Waals surface area contributed by atoms with E-state index >= 15 is 0 Å². The van der Waals surface area contributed by atoms with Crippen LogP contribution in [0.4, 0.5) is 8.78 Å². The number of amides is 2. The van der Waals surface area contributed by atoms with Gasteiger partial charge in [-0.3, -0.25) is 9.59 Å². The van der Waals surface area contributed by atoms with Crippen molar-refractivity contribution in [1.82, 2.24) is 30.2 Å². The molecule has 2 N–H and O–H groups in total. The summed E-state index contributed by atoms with van der Waals surface area (Å²) in [4.78, 5) is 55.9. The van der Waals surface area contributed by atoms with Crippen molar-refractivity contribution in [1.29, 1.82) is 0 Å². The van der Waals surface area contributed by atoms with E-state index in [4.69, 9.17) is 13.9 Å². The number of rotatable bonds is 6. The molecule has 1 aliphatic rings. The van der Waals surface area contributed by atoms with Crippen LogP contribution in [0.25, 0.3) is 45.0 Å². The molecule has 14 heteroatoms. The number of fused-ring (bicyclic) bond motifs is 2. The van der Waals surface area contributed by atoms with Crippen LogP contribution >= 0.6 is 0 Å². The zero-order chi connectivity index (χ0) is 37.5. The maximum absolute atomic E-state index is 13.3. The lowest BCUT2D eigenvalue weighted by molar-refractivity contribution is -0.133. The minimum atomic E-state index is -1.16. The van der Waals surface area contributed by atoms with Gasteiger partial charge in [0.05, 0.1) is 11.4 Å². The van der Waals surface area contributed by atoms with Gasteiger partial charge in [0.1, 0.15) is 28.2 Å². The van der Waals surface area contributed by atoms with Crippen LogP contribution in [0.1, 0.15) is 93.3 Å². The van der Waals surface area contributed by atoms with Gasteiger partial charge in [-0.2, -0.15) is 0 Å². The Morgan fingerprint density at radius 2 is 1.21 bits per heavy atom. The highest BCUT2D eigenvalue weighted by atomic mass is 19.1. The van der Waals surface area contributed by atoms with E-state index in [9.17, 15) is 23.2 Å². The molecule has 7 rings (SSSR count). The summed E-state index contributed by atoms with van der Waals surface area (Å²) in [6, 6.07) is 14.7. The molecular weight excluding hydrogens is 686 g/mol. The van der Waals surface area contributed by atoms with E-state index < -0.39 is 11.5 Å². The molecule has 0 bridgehead atoms. The van der Waals surface area contributed by atoms with E-state index in [2.05, 4.69) is 25.3 Å². The predicted molar refractivity (Wildman–Crippen MR) is 194 cm³/mol. The molecule has 276 valence electrons. The van der Waals surface area contributed by atoms with E-state index in [1.165, 1.54) is 35.2 Å². The van der Waals surface area contributed by atoms with Crippen LogP contribution in [0.2, 0.25) is 0 Å². The lowest BCUT2D eigenvalue weighted by atomic mass is 9.98. The number of carboxylic acids is 1. The van der Waals surface area contributed by atoms with Crippen LogP contribution < -0.4 is 5.32 Å². The molecule has 12 nitrogen and oxygen atoms in total. The van der Waals surface area contributed by atoms with Gasteiger partial charge >= 0.3 is 5.97 Å². The van der Waals surface area contributed by atoms with Crippen LogP contribution in [0.15, 0.2) is 69.5 Å². The maximum atomic E-state index is 13.3. The Morgan fingerprint density at radius 3 is 1.64 bits per heavy atom. The number of nitrogens with zero attached hydrogens (tertiary/aromatic N) is 5. The topological polar surface area (TPSA) is 165 Å². The molecule has 0 unspecified atom stereocenters. The summed E-state index contributed by atoms with van der Waals surface area (Å²) in [7, 11) is 0. The normalized spacial score (nSPS) is 13.8. The fourth-order valence-electron chi connectivity index (χ4n) is 5.74. The first-order valence-electron chi connectivity index (χ1n) is 16.6. The van der Waals surface area contributed by atoms with Crippen molar-refractivity contribution in [2.45, 2.75) is 66.3 Å². The van der Waals surface area contributed by atoms with Crippen molar-refractivity contribution in [3.63, 3.8) is 0 Å². The number of carboxylic acid groups (broad SMARTS) is 1. The third-order valence-electron chi connectivity index (χ3n) is 8.61. The number of carbonyl (C=O) groups is 3. The second-order valence-electron chi connectivity index (χ2n) is 13.4. The molecule has 4 aromatic heterocycles. The molecule has 2 aromatic carbocycles. The van der Waals surface area contributed by atoms with E-state index in [1.54, 1.807) is 44.2 Å². The smallest absolute Gasteiger partial charge is 0.371 e. The van der Waals surface area contributed by atoms with Crippen LogP contribution in [0.5, 0.6) is 0 Å². The van der Waals surface area contributed by atoms with Crippen LogP contribution in [-0.2, 0) is 4.79 Å². The van der Waals surface area contributed by atoms with Crippen molar-refractivity contribution in [2.75, 3.05) is 13.1 Å². The Balaban J connectivity index is 0.000000210. The first-order valence-corrected chi connectivity index (χ1v) is 16.6. The summed E-state index contributed by atoms with van der Waals surface area (Å²) < 4.78 is 37.6. The number of halogens is 2. The van der Waals surface area contributed by atoms with Gasteiger partial charge in [-0.1, -0.05) is 35.1 Å². The zero-order valence-corrected chi connectivity index (χ0v) is 29.3. The molecular formula is C39H40F2N6O6. The summed E-state index contributed by atoms with van der Waals surface area (Å²) in [6.07, 6.45) is 0. The van der Waals surface area contributed by atoms with Crippen LogP contribution in [-0.4, -0.2) is 66.4 Å². The van der Waals surface area contributed by atoms with Gasteiger partial charge in [-0.05, 0) is 74.2 Å². The summed E-state index contributed by atoms with van der Waals surface area (Å²) in [5.74, 6) is -1.60. The van der Waals surface area contributed by atoms with Gasteiger partial charge in [0.2, 0.25) is 11.7 Å². The number of aromatic carboxylic acids is 1. The monoisotopic (exact) mass is 726 g/mol. The van der Waals surface area contributed by atoms with Crippen molar-refractivity contribution < 1.29 is 37.1 Å². The van der Waals surface area contributed by atoms with Gasteiger partial charge in [-0.15, -0.1) is 0 Å². The highest BCUT2D eigenvalue weighted by Gasteiger charge is 2.42. The number of furan rings is 2.